The Balaban J connectivity index is 1.28. The van der Waals surface area contributed by atoms with E-state index in [1.54, 1.807) is 24.3 Å². The second-order valence-corrected chi connectivity index (χ2v) is 8.37. The number of rotatable bonds is 5. The van der Waals surface area contributed by atoms with Gasteiger partial charge in [-0.25, -0.2) is 14.6 Å². The standard InChI is InChI=1S/C23H21F4N7O/c1-2-16-19(33-9-8-17(24)30-22(33)29-16)21(35)28-12-13-3-5-14(6-4-13)20-31-18-11-15(23(25,26)27)7-10-34(18)32-20/h3-6,8-9,15H,2,7,10-12H2,1H3,(H,28,35). The fourth-order valence-corrected chi connectivity index (χ4v) is 4.19. The van der Waals surface area contributed by atoms with Crippen LogP contribution >= 0.6 is 0 Å². The van der Waals surface area contributed by atoms with Gasteiger partial charge in [0.15, 0.2) is 5.82 Å². The number of hydrogen-bond donors (Lipinski definition) is 1. The van der Waals surface area contributed by atoms with Crippen molar-refractivity contribution in [2.24, 2.45) is 5.92 Å². The minimum absolute atomic E-state index is 0.00480. The van der Waals surface area contributed by atoms with Gasteiger partial charge in [-0.1, -0.05) is 31.2 Å². The molecule has 12 heteroatoms. The molecule has 0 saturated carbocycles. The van der Waals surface area contributed by atoms with Crippen LogP contribution in [0, 0.1) is 11.9 Å². The van der Waals surface area contributed by atoms with E-state index >= 15 is 0 Å². The minimum Gasteiger partial charge on any atom is -0.347 e. The molecule has 1 amide bonds. The van der Waals surface area contributed by atoms with E-state index in [1.165, 1.54) is 15.3 Å². The van der Waals surface area contributed by atoms with Crippen LogP contribution in [-0.4, -0.2) is 41.2 Å². The summed E-state index contributed by atoms with van der Waals surface area (Å²) in [5, 5.41) is 7.19. The second kappa shape index (κ2) is 8.75. The molecule has 4 aromatic rings. The maximum absolute atomic E-state index is 13.4. The third-order valence-corrected chi connectivity index (χ3v) is 6.08. The van der Waals surface area contributed by atoms with Crippen LogP contribution in [0.25, 0.3) is 17.2 Å². The molecule has 0 bridgehead atoms. The van der Waals surface area contributed by atoms with Crippen LogP contribution in [0.15, 0.2) is 36.5 Å². The number of amides is 1. The molecule has 1 aromatic carbocycles. The van der Waals surface area contributed by atoms with Crippen molar-refractivity contribution in [2.75, 3.05) is 0 Å². The number of aromatic nitrogens is 6. The normalized spacial score (nSPS) is 15.9. The number of imidazole rings is 1. The number of hydrogen-bond acceptors (Lipinski definition) is 5. The van der Waals surface area contributed by atoms with Gasteiger partial charge >= 0.3 is 6.18 Å². The first-order valence-corrected chi connectivity index (χ1v) is 11.1. The number of aryl methyl sites for hydroxylation is 2. The zero-order valence-electron chi connectivity index (χ0n) is 18.7. The van der Waals surface area contributed by atoms with Crippen LogP contribution in [0.4, 0.5) is 17.6 Å². The van der Waals surface area contributed by atoms with E-state index in [1.807, 2.05) is 6.92 Å². The van der Waals surface area contributed by atoms with Crippen LogP contribution < -0.4 is 5.32 Å². The number of halogens is 4. The highest BCUT2D eigenvalue weighted by molar-refractivity contribution is 5.94. The van der Waals surface area contributed by atoms with Gasteiger partial charge in [-0.2, -0.15) is 27.6 Å². The number of nitrogens with one attached hydrogen (secondary N) is 1. The first-order chi connectivity index (χ1) is 16.7. The van der Waals surface area contributed by atoms with E-state index in [2.05, 4.69) is 25.4 Å². The highest BCUT2D eigenvalue weighted by Crippen LogP contribution is 2.34. The maximum atomic E-state index is 13.4. The zero-order chi connectivity index (χ0) is 24.7. The summed E-state index contributed by atoms with van der Waals surface area (Å²) in [5.74, 6) is -1.61. The van der Waals surface area contributed by atoms with Gasteiger partial charge in [-0.05, 0) is 18.4 Å². The van der Waals surface area contributed by atoms with Crippen LogP contribution in [0.2, 0.25) is 0 Å². The SMILES string of the molecule is CCc1nc2nc(F)ccn2c1C(=O)NCc1ccc(-c2nc3n(n2)CCC(C(F)(F)F)C3)cc1. The Kier molecular flexibility index (Phi) is 5.73. The molecule has 1 atom stereocenters. The van der Waals surface area contributed by atoms with Crippen molar-refractivity contribution < 1.29 is 22.4 Å². The number of fused-ring (bicyclic) bond motifs is 2. The molecule has 4 heterocycles. The van der Waals surface area contributed by atoms with E-state index in [4.69, 9.17) is 0 Å². The molecule has 8 nitrogen and oxygen atoms in total. The Hall–Kier alpha value is -3.83. The molecule has 0 aliphatic carbocycles. The zero-order valence-corrected chi connectivity index (χ0v) is 18.7. The first-order valence-electron chi connectivity index (χ1n) is 11.1. The fraction of sp³-hybridized carbons (Fsp3) is 0.348. The van der Waals surface area contributed by atoms with Crippen LogP contribution in [-0.2, 0) is 25.9 Å². The topological polar surface area (TPSA) is 90.0 Å². The quantitative estimate of drug-likeness (QED) is 0.342. The largest absolute Gasteiger partial charge is 0.392 e. The average Bonchev–Trinajstić information content (AvgIpc) is 3.42. The monoisotopic (exact) mass is 487 g/mol. The summed E-state index contributed by atoms with van der Waals surface area (Å²) >= 11 is 0. The smallest absolute Gasteiger partial charge is 0.347 e. The summed E-state index contributed by atoms with van der Waals surface area (Å²) in [6.45, 7) is 2.25. The van der Waals surface area contributed by atoms with E-state index < -0.39 is 18.0 Å². The van der Waals surface area contributed by atoms with Crippen LogP contribution in [0.5, 0.6) is 0 Å². The number of nitrogens with zero attached hydrogens (tertiary/aromatic N) is 6. The Morgan fingerprint density at radius 1 is 1.14 bits per heavy atom. The summed E-state index contributed by atoms with van der Waals surface area (Å²) in [5.41, 5.74) is 2.29. The van der Waals surface area contributed by atoms with Gasteiger partial charge in [0.1, 0.15) is 11.5 Å². The summed E-state index contributed by atoms with van der Waals surface area (Å²) in [6.07, 6.45) is -2.52. The highest BCUT2D eigenvalue weighted by atomic mass is 19.4. The molecule has 1 N–H and O–H groups in total. The van der Waals surface area contributed by atoms with E-state index in [0.717, 1.165) is 11.6 Å². The maximum Gasteiger partial charge on any atom is 0.392 e. The van der Waals surface area contributed by atoms with Crippen LogP contribution in [0.3, 0.4) is 0 Å². The lowest BCUT2D eigenvalue weighted by Gasteiger charge is -2.24. The summed E-state index contributed by atoms with van der Waals surface area (Å²) in [4.78, 5) is 25.1. The van der Waals surface area contributed by atoms with Gasteiger partial charge in [-0.15, -0.1) is 0 Å². The third-order valence-electron chi connectivity index (χ3n) is 6.08. The van der Waals surface area contributed by atoms with Crippen LogP contribution in [0.1, 0.15) is 40.9 Å². The average molecular weight is 487 g/mol. The van der Waals surface area contributed by atoms with Gasteiger partial charge in [0.05, 0.1) is 11.6 Å². The molecule has 1 aliphatic rings. The first kappa shape index (κ1) is 22.9. The molecule has 1 aliphatic heterocycles. The predicted octanol–water partition coefficient (Wildman–Crippen LogP) is 3.74. The minimum atomic E-state index is -4.24. The predicted molar refractivity (Wildman–Crippen MR) is 117 cm³/mol. The molecular weight excluding hydrogens is 466 g/mol. The van der Waals surface area contributed by atoms with E-state index in [-0.39, 0.29) is 37.6 Å². The molecule has 35 heavy (non-hydrogen) atoms. The number of alkyl halides is 3. The Morgan fingerprint density at radius 2 is 1.91 bits per heavy atom. The van der Waals surface area contributed by atoms with Crippen molar-refractivity contribution in [3.05, 3.63) is 65.3 Å². The number of carbonyl (C=O) groups excluding carboxylic acids is 1. The van der Waals surface area contributed by atoms with Gasteiger partial charge in [-0.3, -0.25) is 9.20 Å². The molecule has 0 radical (unpaired) electrons. The Bertz CT molecular complexity index is 1390. The van der Waals surface area contributed by atoms with Gasteiger partial charge in [0.25, 0.3) is 5.91 Å². The van der Waals surface area contributed by atoms with Crippen molar-refractivity contribution >= 4 is 11.7 Å². The molecule has 5 rings (SSSR count). The third kappa shape index (κ3) is 4.47. The van der Waals surface area contributed by atoms with Crippen molar-refractivity contribution in [1.82, 2.24) is 34.4 Å². The van der Waals surface area contributed by atoms with Gasteiger partial charge in [0.2, 0.25) is 11.7 Å². The van der Waals surface area contributed by atoms with Crippen molar-refractivity contribution in [2.45, 2.75) is 45.5 Å². The molecule has 182 valence electrons. The van der Waals surface area contributed by atoms with Gasteiger partial charge < -0.3 is 5.32 Å². The number of carbonyl (C=O) groups is 1. The molecular formula is C23H21F4N7O. The highest BCUT2D eigenvalue weighted by Gasteiger charge is 2.42. The van der Waals surface area contributed by atoms with Crippen molar-refractivity contribution in [3.63, 3.8) is 0 Å². The lowest BCUT2D eigenvalue weighted by Crippen LogP contribution is -2.31. The second-order valence-electron chi connectivity index (χ2n) is 8.37. The van der Waals surface area contributed by atoms with Gasteiger partial charge in [0, 0.05) is 37.3 Å². The summed E-state index contributed by atoms with van der Waals surface area (Å²) in [6, 6.07) is 8.28. The molecule has 3 aromatic heterocycles. The molecule has 1 unspecified atom stereocenters. The summed E-state index contributed by atoms with van der Waals surface area (Å²) < 4.78 is 55.6. The van der Waals surface area contributed by atoms with Crippen molar-refractivity contribution in [1.29, 1.82) is 0 Å². The molecule has 0 fully saturated rings. The molecule has 0 spiro atoms. The Morgan fingerprint density at radius 3 is 2.63 bits per heavy atom. The van der Waals surface area contributed by atoms with E-state index in [9.17, 15) is 22.4 Å². The fourth-order valence-electron chi connectivity index (χ4n) is 4.19. The number of benzene rings is 1. The lowest BCUT2D eigenvalue weighted by molar-refractivity contribution is -0.179. The molecule has 0 saturated heterocycles. The Labute approximate surface area is 197 Å². The van der Waals surface area contributed by atoms with E-state index in [0.29, 0.717) is 35.0 Å². The lowest BCUT2D eigenvalue weighted by atomic mass is 9.98. The summed E-state index contributed by atoms with van der Waals surface area (Å²) in [7, 11) is 0. The van der Waals surface area contributed by atoms with Crippen molar-refractivity contribution in [3.8, 4) is 11.4 Å².